The van der Waals surface area contributed by atoms with Crippen molar-refractivity contribution in [1.29, 1.82) is 0 Å². The third-order valence-electron chi connectivity index (χ3n) is 4.78. The quantitative estimate of drug-likeness (QED) is 0.810. The summed E-state index contributed by atoms with van der Waals surface area (Å²) in [6.45, 7) is 9.56. The second-order valence-electron chi connectivity index (χ2n) is 5.73. The van der Waals surface area contributed by atoms with E-state index in [0.717, 1.165) is 12.1 Å². The zero-order valence-electron chi connectivity index (χ0n) is 11.6. The normalized spacial score (nSPS) is 35.6. The smallest absolute Gasteiger partial charge is 0.0235 e. The molecule has 1 aliphatic carbocycles. The molecular weight excluding hydrogens is 210 g/mol. The molecular formula is C14H29N3. The molecule has 3 nitrogen and oxygen atoms in total. The largest absolute Gasteiger partial charge is 0.328 e. The van der Waals surface area contributed by atoms with Gasteiger partial charge in [-0.15, -0.1) is 0 Å². The summed E-state index contributed by atoms with van der Waals surface area (Å²) in [7, 11) is 0. The van der Waals surface area contributed by atoms with Crippen molar-refractivity contribution in [2.45, 2.75) is 64.1 Å². The molecule has 3 heteroatoms. The maximum Gasteiger partial charge on any atom is 0.0235 e. The van der Waals surface area contributed by atoms with Gasteiger partial charge in [0, 0.05) is 31.2 Å². The highest BCUT2D eigenvalue weighted by Crippen LogP contribution is 2.26. The molecule has 0 radical (unpaired) electrons. The number of hydrogen-bond acceptors (Lipinski definition) is 3. The number of nitrogens with two attached hydrogens (primary N) is 1. The molecule has 2 aliphatic rings. The molecule has 1 atom stereocenters. The Balaban J connectivity index is 1.81. The Morgan fingerprint density at radius 3 is 2.29 bits per heavy atom. The molecule has 17 heavy (non-hydrogen) atoms. The lowest BCUT2D eigenvalue weighted by Gasteiger charge is -2.34. The van der Waals surface area contributed by atoms with Gasteiger partial charge in [-0.3, -0.25) is 9.80 Å². The van der Waals surface area contributed by atoms with Crippen molar-refractivity contribution in [3.8, 4) is 0 Å². The molecule has 2 fully saturated rings. The first-order chi connectivity index (χ1) is 8.24. The van der Waals surface area contributed by atoms with Gasteiger partial charge in [-0.2, -0.15) is 0 Å². The van der Waals surface area contributed by atoms with Crippen molar-refractivity contribution in [3.05, 3.63) is 0 Å². The fraction of sp³-hybridized carbons (Fsp3) is 1.00. The van der Waals surface area contributed by atoms with Gasteiger partial charge in [-0.05, 0) is 45.2 Å². The zero-order valence-corrected chi connectivity index (χ0v) is 11.6. The summed E-state index contributed by atoms with van der Waals surface area (Å²) in [5, 5.41) is 0. The molecule has 1 saturated heterocycles. The first kappa shape index (κ1) is 13.3. The molecule has 0 aromatic carbocycles. The van der Waals surface area contributed by atoms with Gasteiger partial charge in [0.2, 0.25) is 0 Å². The van der Waals surface area contributed by atoms with Gasteiger partial charge in [0.05, 0.1) is 0 Å². The Hall–Kier alpha value is -0.120. The number of rotatable bonds is 4. The van der Waals surface area contributed by atoms with E-state index in [0.29, 0.717) is 6.04 Å². The fourth-order valence-corrected chi connectivity index (χ4v) is 3.60. The van der Waals surface area contributed by atoms with Crippen molar-refractivity contribution in [3.63, 3.8) is 0 Å². The summed E-state index contributed by atoms with van der Waals surface area (Å²) >= 11 is 0. The first-order valence-corrected chi connectivity index (χ1v) is 7.48. The minimum absolute atomic E-state index is 0.479. The Morgan fingerprint density at radius 1 is 1.06 bits per heavy atom. The van der Waals surface area contributed by atoms with Crippen LogP contribution in [0.1, 0.15) is 46.0 Å². The molecule has 1 aliphatic heterocycles. The van der Waals surface area contributed by atoms with Crippen LogP contribution in [-0.2, 0) is 0 Å². The average molecular weight is 239 g/mol. The Morgan fingerprint density at radius 2 is 1.71 bits per heavy atom. The van der Waals surface area contributed by atoms with Gasteiger partial charge in [0.15, 0.2) is 0 Å². The van der Waals surface area contributed by atoms with Crippen LogP contribution in [0.25, 0.3) is 0 Å². The Labute approximate surface area is 106 Å². The molecule has 0 aromatic heterocycles. The average Bonchev–Trinajstić information content (AvgIpc) is 2.81. The predicted molar refractivity (Wildman–Crippen MR) is 73.1 cm³/mol. The minimum atomic E-state index is 0.479. The first-order valence-electron chi connectivity index (χ1n) is 7.48. The summed E-state index contributed by atoms with van der Waals surface area (Å²) in [5.74, 6) is 0. The second-order valence-corrected chi connectivity index (χ2v) is 5.73. The van der Waals surface area contributed by atoms with Crippen LogP contribution in [0.5, 0.6) is 0 Å². The van der Waals surface area contributed by atoms with E-state index in [1.165, 1.54) is 58.3 Å². The van der Waals surface area contributed by atoms with Gasteiger partial charge < -0.3 is 5.73 Å². The fourth-order valence-electron chi connectivity index (χ4n) is 3.60. The van der Waals surface area contributed by atoms with Crippen molar-refractivity contribution in [1.82, 2.24) is 9.80 Å². The van der Waals surface area contributed by atoms with Crippen LogP contribution < -0.4 is 5.73 Å². The minimum Gasteiger partial charge on any atom is -0.328 e. The molecule has 0 spiro atoms. The second kappa shape index (κ2) is 6.17. The maximum atomic E-state index is 5.99. The molecule has 0 aromatic rings. The highest BCUT2D eigenvalue weighted by molar-refractivity contribution is 4.89. The van der Waals surface area contributed by atoms with Crippen LogP contribution in [-0.4, -0.2) is 54.1 Å². The van der Waals surface area contributed by atoms with Gasteiger partial charge in [0.1, 0.15) is 0 Å². The van der Waals surface area contributed by atoms with E-state index in [2.05, 4.69) is 23.6 Å². The maximum absolute atomic E-state index is 5.99. The number of nitrogens with zero attached hydrogens (tertiary/aromatic N) is 2. The van der Waals surface area contributed by atoms with E-state index in [-0.39, 0.29) is 0 Å². The lowest BCUT2D eigenvalue weighted by Crippen LogP contribution is -2.42. The van der Waals surface area contributed by atoms with Crippen LogP contribution in [0.15, 0.2) is 0 Å². The van der Waals surface area contributed by atoms with Crippen LogP contribution in [0, 0.1) is 0 Å². The van der Waals surface area contributed by atoms with Crippen LogP contribution in [0.4, 0.5) is 0 Å². The monoisotopic (exact) mass is 239 g/mol. The lowest BCUT2D eigenvalue weighted by molar-refractivity contribution is 0.157. The van der Waals surface area contributed by atoms with Gasteiger partial charge in [0.25, 0.3) is 0 Å². The number of hydrogen-bond donors (Lipinski definition) is 1. The third-order valence-corrected chi connectivity index (χ3v) is 4.78. The van der Waals surface area contributed by atoms with E-state index in [1.807, 2.05) is 0 Å². The molecule has 2 rings (SSSR count). The molecule has 1 heterocycles. The van der Waals surface area contributed by atoms with E-state index < -0.39 is 0 Å². The summed E-state index contributed by atoms with van der Waals surface area (Å²) < 4.78 is 0. The summed E-state index contributed by atoms with van der Waals surface area (Å²) in [6.07, 6.45) is 6.48. The standard InChI is InChI=1S/C14H29N3/c1-3-16(4-2)14-9-10-17(11-14)13-7-5-12(15)6-8-13/h12-14H,3-11,15H2,1-2H3. The number of likely N-dealkylation sites (N-methyl/N-ethyl adjacent to an activating group) is 1. The Bertz CT molecular complexity index is 220. The Kier molecular flexibility index (Phi) is 4.83. The molecule has 2 N–H and O–H groups in total. The van der Waals surface area contributed by atoms with Gasteiger partial charge >= 0.3 is 0 Å². The predicted octanol–water partition coefficient (Wildman–Crippen LogP) is 1.67. The summed E-state index contributed by atoms with van der Waals surface area (Å²) in [4.78, 5) is 5.35. The van der Waals surface area contributed by atoms with E-state index in [4.69, 9.17) is 5.73 Å². The molecule has 1 saturated carbocycles. The van der Waals surface area contributed by atoms with Crippen LogP contribution >= 0.6 is 0 Å². The van der Waals surface area contributed by atoms with Crippen molar-refractivity contribution in [2.75, 3.05) is 26.2 Å². The highest BCUT2D eigenvalue weighted by Gasteiger charge is 2.32. The van der Waals surface area contributed by atoms with E-state index in [9.17, 15) is 0 Å². The van der Waals surface area contributed by atoms with Crippen LogP contribution in [0.3, 0.4) is 0 Å². The highest BCUT2D eigenvalue weighted by atomic mass is 15.3. The van der Waals surface area contributed by atoms with Crippen molar-refractivity contribution < 1.29 is 0 Å². The number of likely N-dealkylation sites (tertiary alicyclic amines) is 1. The summed E-state index contributed by atoms with van der Waals surface area (Å²) in [5.41, 5.74) is 5.99. The topological polar surface area (TPSA) is 32.5 Å². The lowest BCUT2D eigenvalue weighted by atomic mass is 9.91. The summed E-state index contributed by atoms with van der Waals surface area (Å²) in [6, 6.07) is 2.11. The van der Waals surface area contributed by atoms with Crippen molar-refractivity contribution >= 4 is 0 Å². The van der Waals surface area contributed by atoms with Gasteiger partial charge in [-0.25, -0.2) is 0 Å². The van der Waals surface area contributed by atoms with Crippen LogP contribution in [0.2, 0.25) is 0 Å². The molecule has 1 unspecified atom stereocenters. The zero-order chi connectivity index (χ0) is 12.3. The molecule has 0 bridgehead atoms. The molecule has 0 amide bonds. The molecule has 100 valence electrons. The SMILES string of the molecule is CCN(CC)C1CCN(C2CCC(N)CC2)C1. The van der Waals surface area contributed by atoms with E-state index in [1.54, 1.807) is 0 Å². The van der Waals surface area contributed by atoms with Gasteiger partial charge in [-0.1, -0.05) is 13.8 Å². The third kappa shape index (κ3) is 3.21. The van der Waals surface area contributed by atoms with Crippen molar-refractivity contribution in [2.24, 2.45) is 5.73 Å². The van der Waals surface area contributed by atoms with E-state index >= 15 is 0 Å².